The summed E-state index contributed by atoms with van der Waals surface area (Å²) >= 11 is 6.24. The molecule has 2 amide bonds. The number of nitrogens with zero attached hydrogens (tertiary/aromatic N) is 2. The van der Waals surface area contributed by atoms with Gasteiger partial charge in [0, 0.05) is 48.4 Å². The number of carbonyl (C=O) groups is 2. The average Bonchev–Trinajstić information content (AvgIpc) is 3.43. The van der Waals surface area contributed by atoms with Crippen molar-refractivity contribution in [3.8, 4) is 11.3 Å². The molecule has 5 rings (SSSR count). The molecule has 0 saturated carbocycles. The Bertz CT molecular complexity index is 1470. The van der Waals surface area contributed by atoms with Crippen molar-refractivity contribution in [2.75, 3.05) is 36.4 Å². The Kier molecular flexibility index (Phi) is 7.61. The van der Waals surface area contributed by atoms with Gasteiger partial charge in [0.2, 0.25) is 5.91 Å². The van der Waals surface area contributed by atoms with Crippen molar-refractivity contribution in [2.24, 2.45) is 0 Å². The van der Waals surface area contributed by atoms with Crippen LogP contribution in [0.25, 0.3) is 17.4 Å². The van der Waals surface area contributed by atoms with E-state index in [-0.39, 0.29) is 11.8 Å². The molecule has 1 fully saturated rings. The van der Waals surface area contributed by atoms with E-state index in [4.69, 9.17) is 16.0 Å². The van der Waals surface area contributed by atoms with Crippen LogP contribution in [0.4, 0.5) is 11.4 Å². The molecule has 38 heavy (non-hydrogen) atoms. The van der Waals surface area contributed by atoms with E-state index in [1.165, 1.54) is 6.08 Å². The standard InChI is InChI=1S/C31H28ClN3O3/c1-22-11-12-24(21-26(22)32)29-15-13-25(38-29)14-16-30(36)33-27-9-5-6-10-28(27)34-17-19-35(20-18-34)31(37)23-7-3-2-4-8-23/h2-16,21H,17-20H2,1H3,(H,33,36)/b16-14+. The van der Waals surface area contributed by atoms with Gasteiger partial charge in [-0.1, -0.05) is 54.1 Å². The number of hydrogen-bond acceptors (Lipinski definition) is 4. The molecular formula is C31H28ClN3O3. The van der Waals surface area contributed by atoms with E-state index in [0.717, 1.165) is 22.5 Å². The molecule has 0 radical (unpaired) electrons. The summed E-state index contributed by atoms with van der Waals surface area (Å²) in [5, 5.41) is 3.66. The number of amides is 2. The van der Waals surface area contributed by atoms with Crippen molar-refractivity contribution >= 4 is 40.9 Å². The van der Waals surface area contributed by atoms with Crippen molar-refractivity contribution in [3.05, 3.63) is 113 Å². The second-order valence-corrected chi connectivity index (χ2v) is 9.56. The van der Waals surface area contributed by atoms with Crippen molar-refractivity contribution in [2.45, 2.75) is 6.92 Å². The summed E-state index contributed by atoms with van der Waals surface area (Å²) in [6, 6.07) is 26.5. The number of aryl methyl sites for hydroxylation is 1. The zero-order valence-electron chi connectivity index (χ0n) is 21.1. The highest BCUT2D eigenvalue weighted by Gasteiger charge is 2.23. The van der Waals surface area contributed by atoms with E-state index < -0.39 is 0 Å². The minimum Gasteiger partial charge on any atom is -0.457 e. The molecule has 3 aromatic carbocycles. The fraction of sp³-hybridized carbons (Fsp3) is 0.161. The molecule has 7 heteroatoms. The monoisotopic (exact) mass is 525 g/mol. The molecule has 1 aromatic heterocycles. The fourth-order valence-corrected chi connectivity index (χ4v) is 4.63. The van der Waals surface area contributed by atoms with E-state index in [2.05, 4.69) is 10.2 Å². The first-order chi connectivity index (χ1) is 18.5. The van der Waals surface area contributed by atoms with Gasteiger partial charge < -0.3 is 19.5 Å². The third-order valence-electron chi connectivity index (χ3n) is 6.57. The van der Waals surface area contributed by atoms with Crippen LogP contribution in [0.3, 0.4) is 0 Å². The maximum absolute atomic E-state index is 12.8. The van der Waals surface area contributed by atoms with E-state index in [9.17, 15) is 9.59 Å². The van der Waals surface area contributed by atoms with Crippen LogP contribution in [-0.4, -0.2) is 42.9 Å². The normalized spacial score (nSPS) is 13.6. The number of benzene rings is 3. The molecular weight excluding hydrogens is 498 g/mol. The minimum atomic E-state index is -0.258. The zero-order chi connectivity index (χ0) is 26.5. The summed E-state index contributed by atoms with van der Waals surface area (Å²) < 4.78 is 5.88. The zero-order valence-corrected chi connectivity index (χ0v) is 21.8. The summed E-state index contributed by atoms with van der Waals surface area (Å²) in [4.78, 5) is 29.6. The summed E-state index contributed by atoms with van der Waals surface area (Å²) in [6.45, 7) is 4.54. The molecule has 4 aromatic rings. The second-order valence-electron chi connectivity index (χ2n) is 9.15. The molecule has 0 unspecified atom stereocenters. The summed E-state index contributed by atoms with van der Waals surface area (Å²) in [5.41, 5.74) is 4.23. The molecule has 1 aliphatic heterocycles. The third kappa shape index (κ3) is 5.82. The number of carbonyl (C=O) groups excluding carboxylic acids is 2. The van der Waals surface area contributed by atoms with E-state index in [1.54, 1.807) is 6.08 Å². The predicted octanol–water partition coefficient (Wildman–Crippen LogP) is 6.52. The van der Waals surface area contributed by atoms with E-state index in [0.29, 0.717) is 48.3 Å². The molecule has 0 aliphatic carbocycles. The number of anilines is 2. The van der Waals surface area contributed by atoms with Gasteiger partial charge in [0.15, 0.2) is 0 Å². The molecule has 0 atom stereocenters. The maximum Gasteiger partial charge on any atom is 0.253 e. The fourth-order valence-electron chi connectivity index (χ4n) is 4.44. The van der Waals surface area contributed by atoms with Gasteiger partial charge in [-0.3, -0.25) is 9.59 Å². The first kappa shape index (κ1) is 25.4. The lowest BCUT2D eigenvalue weighted by Crippen LogP contribution is -2.49. The predicted molar refractivity (Wildman–Crippen MR) is 153 cm³/mol. The molecule has 0 bridgehead atoms. The second kappa shape index (κ2) is 11.4. The van der Waals surface area contributed by atoms with Crippen LogP contribution in [0.1, 0.15) is 21.7 Å². The van der Waals surface area contributed by atoms with Crippen LogP contribution in [-0.2, 0) is 4.79 Å². The number of rotatable bonds is 6. The maximum atomic E-state index is 12.8. The van der Waals surface area contributed by atoms with Crippen LogP contribution in [0, 0.1) is 6.92 Å². The quantitative estimate of drug-likeness (QED) is 0.291. The van der Waals surface area contributed by atoms with Gasteiger partial charge in [-0.2, -0.15) is 0 Å². The molecule has 6 nitrogen and oxygen atoms in total. The number of para-hydroxylation sites is 2. The van der Waals surface area contributed by atoms with Gasteiger partial charge in [-0.15, -0.1) is 0 Å². The lowest BCUT2D eigenvalue weighted by atomic mass is 10.1. The summed E-state index contributed by atoms with van der Waals surface area (Å²) in [5.74, 6) is 1.04. The van der Waals surface area contributed by atoms with Crippen LogP contribution in [0.5, 0.6) is 0 Å². The van der Waals surface area contributed by atoms with Gasteiger partial charge >= 0.3 is 0 Å². The van der Waals surface area contributed by atoms with Crippen molar-refractivity contribution in [1.29, 1.82) is 0 Å². The van der Waals surface area contributed by atoms with Gasteiger partial charge in [-0.05, 0) is 61.0 Å². The molecule has 2 heterocycles. The van der Waals surface area contributed by atoms with Crippen molar-refractivity contribution in [1.82, 2.24) is 4.90 Å². The number of nitrogens with one attached hydrogen (secondary N) is 1. The molecule has 1 saturated heterocycles. The lowest BCUT2D eigenvalue weighted by molar-refractivity contribution is -0.111. The largest absolute Gasteiger partial charge is 0.457 e. The Labute approximate surface area is 227 Å². The average molecular weight is 526 g/mol. The first-order valence-corrected chi connectivity index (χ1v) is 12.9. The van der Waals surface area contributed by atoms with Crippen molar-refractivity contribution in [3.63, 3.8) is 0 Å². The number of piperazine rings is 1. The van der Waals surface area contributed by atoms with Gasteiger partial charge in [-0.25, -0.2) is 0 Å². The third-order valence-corrected chi connectivity index (χ3v) is 6.98. The smallest absolute Gasteiger partial charge is 0.253 e. The number of halogens is 1. The highest BCUT2D eigenvalue weighted by Crippen LogP contribution is 2.28. The summed E-state index contributed by atoms with van der Waals surface area (Å²) in [6.07, 6.45) is 3.10. The Hall–Kier alpha value is -4.29. The Morgan fingerprint density at radius 2 is 1.63 bits per heavy atom. The Morgan fingerprint density at radius 1 is 0.895 bits per heavy atom. The van der Waals surface area contributed by atoms with Crippen LogP contribution in [0.15, 0.2) is 95.4 Å². The number of hydrogen-bond donors (Lipinski definition) is 1. The molecule has 1 N–H and O–H groups in total. The minimum absolute atomic E-state index is 0.0449. The van der Waals surface area contributed by atoms with Gasteiger partial charge in [0.25, 0.3) is 5.91 Å². The SMILES string of the molecule is Cc1ccc(-c2ccc(/C=C/C(=O)Nc3ccccc3N3CCN(C(=O)c4ccccc4)CC3)o2)cc1Cl. The van der Waals surface area contributed by atoms with Gasteiger partial charge in [0.1, 0.15) is 11.5 Å². The molecule has 192 valence electrons. The van der Waals surface area contributed by atoms with Gasteiger partial charge in [0.05, 0.1) is 11.4 Å². The Morgan fingerprint density at radius 3 is 2.39 bits per heavy atom. The van der Waals surface area contributed by atoms with E-state index >= 15 is 0 Å². The summed E-state index contributed by atoms with van der Waals surface area (Å²) in [7, 11) is 0. The molecule has 0 spiro atoms. The lowest BCUT2D eigenvalue weighted by Gasteiger charge is -2.37. The highest BCUT2D eigenvalue weighted by molar-refractivity contribution is 6.31. The topological polar surface area (TPSA) is 65.8 Å². The highest BCUT2D eigenvalue weighted by atomic mass is 35.5. The van der Waals surface area contributed by atoms with Crippen LogP contribution < -0.4 is 10.2 Å². The first-order valence-electron chi connectivity index (χ1n) is 12.5. The van der Waals surface area contributed by atoms with Crippen LogP contribution >= 0.6 is 11.6 Å². The van der Waals surface area contributed by atoms with E-state index in [1.807, 2.05) is 96.8 Å². The van der Waals surface area contributed by atoms with Crippen LogP contribution in [0.2, 0.25) is 5.02 Å². The van der Waals surface area contributed by atoms with Crippen molar-refractivity contribution < 1.29 is 14.0 Å². The number of furan rings is 1. The Balaban J connectivity index is 1.21. The molecule has 1 aliphatic rings.